The zero-order chi connectivity index (χ0) is 19.4. The van der Waals surface area contributed by atoms with Crippen molar-refractivity contribution >= 4 is 15.7 Å². The van der Waals surface area contributed by atoms with Crippen molar-refractivity contribution in [3.8, 4) is 0 Å². The van der Waals surface area contributed by atoms with Crippen LogP contribution in [0.5, 0.6) is 0 Å². The average Bonchev–Trinajstić information content (AvgIpc) is 2.56. The Hall–Kier alpha value is -2.06. The molecule has 2 N–H and O–H groups in total. The first-order valence-electron chi connectivity index (χ1n) is 8.05. The van der Waals surface area contributed by atoms with Crippen LogP contribution in [0, 0.1) is 0 Å². The number of sulfonamides is 1. The van der Waals surface area contributed by atoms with Crippen molar-refractivity contribution in [3.63, 3.8) is 0 Å². The summed E-state index contributed by atoms with van der Waals surface area (Å²) < 4.78 is 63.7. The molecule has 0 aliphatic rings. The SMILES string of the molecule is CC(C)S(=O)(=O)Nc1ccc(CNCc2ccc(C(F)(F)F)cc2)cc1. The molecule has 0 unspecified atom stereocenters. The molecule has 0 aromatic heterocycles. The summed E-state index contributed by atoms with van der Waals surface area (Å²) in [5, 5.41) is 2.62. The van der Waals surface area contributed by atoms with E-state index in [1.807, 2.05) is 0 Å². The number of nitrogens with one attached hydrogen (secondary N) is 2. The minimum Gasteiger partial charge on any atom is -0.309 e. The van der Waals surface area contributed by atoms with Gasteiger partial charge in [-0.3, -0.25) is 4.72 Å². The van der Waals surface area contributed by atoms with Gasteiger partial charge in [0.25, 0.3) is 0 Å². The summed E-state index contributed by atoms with van der Waals surface area (Å²) in [4.78, 5) is 0. The molecule has 0 fully saturated rings. The van der Waals surface area contributed by atoms with Gasteiger partial charge < -0.3 is 5.32 Å². The molecule has 26 heavy (non-hydrogen) atoms. The van der Waals surface area contributed by atoms with Crippen molar-refractivity contribution < 1.29 is 21.6 Å². The van der Waals surface area contributed by atoms with Crippen LogP contribution in [0.2, 0.25) is 0 Å². The summed E-state index contributed by atoms with van der Waals surface area (Å²) in [5.41, 5.74) is 1.51. The van der Waals surface area contributed by atoms with Gasteiger partial charge in [-0.2, -0.15) is 13.2 Å². The number of hydrogen-bond acceptors (Lipinski definition) is 3. The van der Waals surface area contributed by atoms with Crippen LogP contribution < -0.4 is 10.0 Å². The van der Waals surface area contributed by atoms with Gasteiger partial charge in [0.05, 0.1) is 10.8 Å². The Morgan fingerprint density at radius 2 is 1.35 bits per heavy atom. The third-order valence-corrected chi connectivity index (χ3v) is 5.54. The first-order valence-corrected chi connectivity index (χ1v) is 9.60. The molecule has 0 radical (unpaired) electrons. The van der Waals surface area contributed by atoms with Crippen molar-refractivity contribution in [2.45, 2.75) is 38.4 Å². The predicted octanol–water partition coefficient (Wildman–Crippen LogP) is 4.15. The lowest BCUT2D eigenvalue weighted by Crippen LogP contribution is -2.22. The lowest BCUT2D eigenvalue weighted by atomic mass is 10.1. The van der Waals surface area contributed by atoms with E-state index in [9.17, 15) is 21.6 Å². The maximum absolute atomic E-state index is 12.5. The van der Waals surface area contributed by atoms with Gasteiger partial charge in [-0.25, -0.2) is 8.42 Å². The Labute approximate surface area is 151 Å². The number of anilines is 1. The molecule has 0 spiro atoms. The smallest absolute Gasteiger partial charge is 0.309 e. The largest absolute Gasteiger partial charge is 0.416 e. The molecular formula is C18H21F3N2O2S. The number of benzene rings is 2. The number of hydrogen-bond donors (Lipinski definition) is 2. The maximum atomic E-state index is 12.5. The molecule has 0 saturated carbocycles. The summed E-state index contributed by atoms with van der Waals surface area (Å²) in [6.07, 6.45) is -4.33. The van der Waals surface area contributed by atoms with Gasteiger partial charge in [0.2, 0.25) is 10.0 Å². The molecule has 0 heterocycles. The van der Waals surface area contributed by atoms with Gasteiger partial charge in [0, 0.05) is 18.8 Å². The second-order valence-corrected chi connectivity index (χ2v) is 8.43. The number of alkyl halides is 3. The quantitative estimate of drug-likeness (QED) is 0.752. The second kappa shape index (κ2) is 8.09. The minimum atomic E-state index is -4.33. The Balaban J connectivity index is 1.87. The molecule has 0 aliphatic heterocycles. The molecule has 0 aliphatic carbocycles. The highest BCUT2D eigenvalue weighted by Gasteiger charge is 2.29. The lowest BCUT2D eigenvalue weighted by Gasteiger charge is -2.11. The maximum Gasteiger partial charge on any atom is 0.416 e. The highest BCUT2D eigenvalue weighted by atomic mass is 32.2. The molecule has 8 heteroatoms. The molecule has 142 valence electrons. The topological polar surface area (TPSA) is 58.2 Å². The van der Waals surface area contributed by atoms with E-state index in [4.69, 9.17) is 0 Å². The second-order valence-electron chi connectivity index (χ2n) is 6.19. The van der Waals surface area contributed by atoms with Crippen molar-refractivity contribution in [2.24, 2.45) is 0 Å². The van der Waals surface area contributed by atoms with Crippen LogP contribution in [0.1, 0.15) is 30.5 Å². The van der Waals surface area contributed by atoms with E-state index >= 15 is 0 Å². The fourth-order valence-corrected chi connectivity index (χ4v) is 2.84. The van der Waals surface area contributed by atoms with Crippen molar-refractivity contribution in [2.75, 3.05) is 4.72 Å². The summed E-state index contributed by atoms with van der Waals surface area (Å²) in [6, 6.07) is 11.9. The highest BCUT2D eigenvalue weighted by Crippen LogP contribution is 2.29. The number of halogens is 3. The van der Waals surface area contributed by atoms with Gasteiger partial charge in [-0.15, -0.1) is 0 Å². The fraction of sp³-hybridized carbons (Fsp3) is 0.333. The van der Waals surface area contributed by atoms with E-state index in [0.717, 1.165) is 23.3 Å². The van der Waals surface area contributed by atoms with Gasteiger partial charge >= 0.3 is 6.18 Å². The van der Waals surface area contributed by atoms with Crippen LogP contribution in [-0.2, 0) is 29.3 Å². The third-order valence-electron chi connectivity index (χ3n) is 3.77. The lowest BCUT2D eigenvalue weighted by molar-refractivity contribution is -0.137. The molecule has 2 rings (SSSR count). The van der Waals surface area contributed by atoms with E-state index in [1.54, 1.807) is 38.1 Å². The van der Waals surface area contributed by atoms with Crippen molar-refractivity contribution in [1.82, 2.24) is 5.32 Å². The van der Waals surface area contributed by atoms with Gasteiger partial charge in [-0.1, -0.05) is 24.3 Å². The van der Waals surface area contributed by atoms with Gasteiger partial charge in [0.15, 0.2) is 0 Å². The first kappa shape index (κ1) is 20.3. The molecule has 0 saturated heterocycles. The minimum absolute atomic E-state index is 0.430. The fourth-order valence-electron chi connectivity index (χ4n) is 2.14. The third kappa shape index (κ3) is 5.74. The van der Waals surface area contributed by atoms with Crippen LogP contribution >= 0.6 is 0 Å². The molecular weight excluding hydrogens is 365 g/mol. The molecule has 4 nitrogen and oxygen atoms in total. The standard InChI is InChI=1S/C18H21F3N2O2S/c1-13(2)26(24,25)23-17-9-5-15(6-10-17)12-22-11-14-3-7-16(8-4-14)18(19,20)21/h3-10,13,22-23H,11-12H2,1-2H3. The Bertz CT molecular complexity index is 815. The molecule has 0 bridgehead atoms. The zero-order valence-electron chi connectivity index (χ0n) is 14.5. The summed E-state index contributed by atoms with van der Waals surface area (Å²) in [5.74, 6) is 0. The Morgan fingerprint density at radius 1 is 0.885 bits per heavy atom. The summed E-state index contributed by atoms with van der Waals surface area (Å²) >= 11 is 0. The molecule has 2 aromatic rings. The summed E-state index contributed by atoms with van der Waals surface area (Å²) in [6.45, 7) is 4.14. The normalized spacial score (nSPS) is 12.4. The van der Waals surface area contributed by atoms with Crippen LogP contribution in [0.4, 0.5) is 18.9 Å². The van der Waals surface area contributed by atoms with E-state index in [0.29, 0.717) is 18.8 Å². The monoisotopic (exact) mass is 386 g/mol. The predicted molar refractivity (Wildman–Crippen MR) is 96.1 cm³/mol. The summed E-state index contributed by atoms with van der Waals surface area (Å²) in [7, 11) is -3.38. The van der Waals surface area contributed by atoms with E-state index in [2.05, 4.69) is 10.0 Å². The van der Waals surface area contributed by atoms with Gasteiger partial charge in [-0.05, 0) is 49.2 Å². The van der Waals surface area contributed by atoms with Crippen molar-refractivity contribution in [3.05, 3.63) is 65.2 Å². The van der Waals surface area contributed by atoms with Crippen LogP contribution in [-0.4, -0.2) is 13.7 Å². The zero-order valence-corrected chi connectivity index (χ0v) is 15.3. The molecule has 0 amide bonds. The average molecular weight is 386 g/mol. The van der Waals surface area contributed by atoms with Crippen LogP contribution in [0.25, 0.3) is 0 Å². The van der Waals surface area contributed by atoms with Gasteiger partial charge in [0.1, 0.15) is 0 Å². The number of rotatable bonds is 7. The molecule has 2 aromatic carbocycles. The Kier molecular flexibility index (Phi) is 6.30. The van der Waals surface area contributed by atoms with E-state index in [-0.39, 0.29) is 0 Å². The van der Waals surface area contributed by atoms with E-state index in [1.165, 1.54) is 12.1 Å². The van der Waals surface area contributed by atoms with E-state index < -0.39 is 27.0 Å². The van der Waals surface area contributed by atoms with Crippen molar-refractivity contribution in [1.29, 1.82) is 0 Å². The first-order chi connectivity index (χ1) is 12.1. The molecule has 0 atom stereocenters. The van der Waals surface area contributed by atoms with Crippen LogP contribution in [0.15, 0.2) is 48.5 Å². The Morgan fingerprint density at radius 3 is 1.77 bits per heavy atom. The highest BCUT2D eigenvalue weighted by molar-refractivity contribution is 7.93. The van der Waals surface area contributed by atoms with Crippen LogP contribution in [0.3, 0.4) is 0 Å².